The van der Waals surface area contributed by atoms with Gasteiger partial charge in [0.25, 0.3) is 0 Å². The summed E-state index contributed by atoms with van der Waals surface area (Å²) in [6.07, 6.45) is 3.64. The van der Waals surface area contributed by atoms with Gasteiger partial charge in [0.1, 0.15) is 17.9 Å². The highest BCUT2D eigenvalue weighted by Crippen LogP contribution is 2.33. The van der Waals surface area contributed by atoms with Crippen molar-refractivity contribution in [2.75, 3.05) is 24.5 Å². The van der Waals surface area contributed by atoms with Crippen LogP contribution in [-0.4, -0.2) is 46.5 Å². The molecule has 0 spiro atoms. The Kier molecular flexibility index (Phi) is 4.49. The average Bonchev–Trinajstić information content (AvgIpc) is 3.48. The van der Waals surface area contributed by atoms with Crippen LogP contribution in [0.25, 0.3) is 0 Å². The van der Waals surface area contributed by atoms with Crippen LogP contribution in [0.4, 0.5) is 5.82 Å². The van der Waals surface area contributed by atoms with Gasteiger partial charge in [-0.2, -0.15) is 0 Å². The van der Waals surface area contributed by atoms with Crippen molar-refractivity contribution < 1.29 is 9.53 Å². The van der Waals surface area contributed by atoms with Gasteiger partial charge >= 0.3 is 0 Å². The van der Waals surface area contributed by atoms with Crippen molar-refractivity contribution in [1.82, 2.24) is 14.9 Å². The first-order valence-corrected chi connectivity index (χ1v) is 9.23. The lowest BCUT2D eigenvalue weighted by atomic mass is 10.1. The number of anilines is 1. The number of aromatic nitrogens is 2. The highest BCUT2D eigenvalue weighted by atomic mass is 16.5. The van der Waals surface area contributed by atoms with E-state index in [1.54, 1.807) is 0 Å². The summed E-state index contributed by atoms with van der Waals surface area (Å²) in [5.74, 6) is 2.77. The fourth-order valence-corrected chi connectivity index (χ4v) is 3.40. The summed E-state index contributed by atoms with van der Waals surface area (Å²) in [6.45, 7) is 6.42. The predicted octanol–water partition coefficient (Wildman–Crippen LogP) is 3.02. The molecule has 1 aliphatic carbocycles. The maximum atomic E-state index is 12.4. The third-order valence-corrected chi connectivity index (χ3v) is 5.10. The van der Waals surface area contributed by atoms with Gasteiger partial charge in [-0.1, -0.05) is 18.2 Å². The quantitative estimate of drug-likeness (QED) is 0.846. The summed E-state index contributed by atoms with van der Waals surface area (Å²) in [4.78, 5) is 25.2. The lowest BCUT2D eigenvalue weighted by Crippen LogP contribution is -2.54. The number of nitrogens with zero attached hydrogens (tertiary/aromatic N) is 4. The number of para-hydroxylation sites is 1. The largest absolute Gasteiger partial charge is 0.439 e. The van der Waals surface area contributed by atoms with Crippen LogP contribution < -0.4 is 9.64 Å². The van der Waals surface area contributed by atoms with Crippen LogP contribution in [0, 0.1) is 12.8 Å². The van der Waals surface area contributed by atoms with Crippen molar-refractivity contribution in [3.05, 3.63) is 42.2 Å². The molecule has 0 radical (unpaired) electrons. The number of carbonyl (C=O) groups is 1. The van der Waals surface area contributed by atoms with E-state index in [1.807, 2.05) is 42.2 Å². The van der Waals surface area contributed by atoms with Gasteiger partial charge in [-0.3, -0.25) is 4.79 Å². The molecule has 1 amide bonds. The molecule has 1 aromatic heterocycles. The molecule has 136 valence electrons. The zero-order valence-electron chi connectivity index (χ0n) is 15.3. The molecule has 1 aliphatic heterocycles. The van der Waals surface area contributed by atoms with Gasteiger partial charge in [0, 0.05) is 37.7 Å². The number of amides is 1. The van der Waals surface area contributed by atoms with Gasteiger partial charge < -0.3 is 14.5 Å². The van der Waals surface area contributed by atoms with Crippen molar-refractivity contribution >= 4 is 11.7 Å². The molecule has 0 bridgehead atoms. The second-order valence-corrected chi connectivity index (χ2v) is 7.18. The maximum absolute atomic E-state index is 12.4. The van der Waals surface area contributed by atoms with Crippen molar-refractivity contribution in [3.8, 4) is 11.6 Å². The SMILES string of the molecule is Cc1ccccc1Oc1cc(N2CCN(C(=O)C3CC3)[C@H](C)C2)ncn1. The summed E-state index contributed by atoms with van der Waals surface area (Å²) in [7, 11) is 0. The first-order chi connectivity index (χ1) is 12.6. The number of aryl methyl sites for hydroxylation is 1. The molecule has 1 atom stereocenters. The number of hydrogen-bond donors (Lipinski definition) is 0. The van der Waals surface area contributed by atoms with Gasteiger partial charge in [0.05, 0.1) is 0 Å². The van der Waals surface area contributed by atoms with E-state index >= 15 is 0 Å². The van der Waals surface area contributed by atoms with Crippen LogP contribution in [0.15, 0.2) is 36.7 Å². The number of hydrogen-bond acceptors (Lipinski definition) is 5. The van der Waals surface area contributed by atoms with Gasteiger partial charge in [-0.15, -0.1) is 0 Å². The molecular formula is C20H24N4O2. The Morgan fingerprint density at radius 1 is 1.19 bits per heavy atom. The first-order valence-electron chi connectivity index (χ1n) is 9.23. The maximum Gasteiger partial charge on any atom is 0.226 e. The average molecular weight is 352 g/mol. The van der Waals surface area contributed by atoms with Gasteiger partial charge in [-0.25, -0.2) is 9.97 Å². The molecular weight excluding hydrogens is 328 g/mol. The number of piperazine rings is 1. The molecule has 1 saturated heterocycles. The number of carbonyl (C=O) groups excluding carboxylic acids is 1. The minimum absolute atomic E-state index is 0.188. The molecule has 2 fully saturated rings. The molecule has 26 heavy (non-hydrogen) atoms. The zero-order valence-corrected chi connectivity index (χ0v) is 15.3. The van der Waals surface area contributed by atoms with E-state index < -0.39 is 0 Å². The van der Waals surface area contributed by atoms with E-state index in [0.29, 0.717) is 11.8 Å². The summed E-state index contributed by atoms with van der Waals surface area (Å²) in [5, 5.41) is 0. The highest BCUT2D eigenvalue weighted by molar-refractivity contribution is 5.81. The Bertz CT molecular complexity index is 806. The Balaban J connectivity index is 1.45. The number of ether oxygens (including phenoxy) is 1. The van der Waals surface area contributed by atoms with Crippen molar-refractivity contribution in [2.24, 2.45) is 5.92 Å². The summed E-state index contributed by atoms with van der Waals surface area (Å²) >= 11 is 0. The van der Waals surface area contributed by atoms with Crippen LogP contribution in [-0.2, 0) is 4.79 Å². The van der Waals surface area contributed by atoms with Crippen LogP contribution in [0.1, 0.15) is 25.3 Å². The summed E-state index contributed by atoms with van der Waals surface area (Å²) in [5.41, 5.74) is 1.06. The summed E-state index contributed by atoms with van der Waals surface area (Å²) < 4.78 is 5.92. The smallest absolute Gasteiger partial charge is 0.226 e. The van der Waals surface area contributed by atoms with Crippen LogP contribution in [0.5, 0.6) is 11.6 Å². The van der Waals surface area contributed by atoms with Gasteiger partial charge in [0.15, 0.2) is 0 Å². The zero-order chi connectivity index (χ0) is 18.1. The van der Waals surface area contributed by atoms with E-state index in [2.05, 4.69) is 21.8 Å². The van der Waals surface area contributed by atoms with E-state index in [9.17, 15) is 4.79 Å². The summed E-state index contributed by atoms with van der Waals surface area (Å²) in [6, 6.07) is 9.93. The van der Waals surface area contributed by atoms with E-state index in [-0.39, 0.29) is 12.0 Å². The molecule has 2 aliphatic rings. The highest BCUT2D eigenvalue weighted by Gasteiger charge is 2.37. The van der Waals surface area contributed by atoms with Crippen molar-refractivity contribution in [1.29, 1.82) is 0 Å². The standard InChI is InChI=1S/C20H24N4O2/c1-14-5-3-4-6-17(14)26-19-11-18(21-13-22-19)23-9-10-24(15(2)12-23)20(25)16-7-8-16/h3-6,11,13,15-16H,7-10,12H2,1-2H3/t15-/m1/s1. The molecule has 1 aromatic carbocycles. The molecule has 0 unspecified atom stereocenters. The normalized spacial score (nSPS) is 20.2. The second-order valence-electron chi connectivity index (χ2n) is 7.18. The molecule has 2 aromatic rings. The van der Waals surface area contributed by atoms with Crippen LogP contribution >= 0.6 is 0 Å². The van der Waals surface area contributed by atoms with Gasteiger partial charge in [0.2, 0.25) is 11.8 Å². The fraction of sp³-hybridized carbons (Fsp3) is 0.450. The Morgan fingerprint density at radius 2 is 2.00 bits per heavy atom. The molecule has 6 heteroatoms. The van der Waals surface area contributed by atoms with Gasteiger partial charge in [-0.05, 0) is 38.3 Å². The van der Waals surface area contributed by atoms with Crippen LogP contribution in [0.3, 0.4) is 0 Å². The lowest BCUT2D eigenvalue weighted by Gasteiger charge is -2.40. The van der Waals surface area contributed by atoms with E-state index in [4.69, 9.17) is 4.74 Å². The van der Waals surface area contributed by atoms with Crippen molar-refractivity contribution in [3.63, 3.8) is 0 Å². The molecule has 6 nitrogen and oxygen atoms in total. The lowest BCUT2D eigenvalue weighted by molar-refractivity contribution is -0.134. The Hall–Kier alpha value is -2.63. The number of benzene rings is 1. The fourth-order valence-electron chi connectivity index (χ4n) is 3.40. The Morgan fingerprint density at radius 3 is 2.73 bits per heavy atom. The minimum atomic E-state index is 0.188. The monoisotopic (exact) mass is 352 g/mol. The first kappa shape index (κ1) is 16.8. The Labute approximate surface area is 153 Å². The molecule has 0 N–H and O–H groups in total. The van der Waals surface area contributed by atoms with Crippen LogP contribution in [0.2, 0.25) is 0 Å². The third-order valence-electron chi connectivity index (χ3n) is 5.10. The molecule has 1 saturated carbocycles. The topological polar surface area (TPSA) is 58.6 Å². The van der Waals surface area contributed by atoms with Crippen molar-refractivity contribution in [2.45, 2.75) is 32.7 Å². The van der Waals surface area contributed by atoms with E-state index in [1.165, 1.54) is 6.33 Å². The molecule has 2 heterocycles. The third kappa shape index (κ3) is 3.49. The van der Waals surface area contributed by atoms with E-state index in [0.717, 1.165) is 49.6 Å². The minimum Gasteiger partial charge on any atom is -0.439 e. The molecule has 4 rings (SSSR count). The second kappa shape index (κ2) is 6.94. The predicted molar refractivity (Wildman–Crippen MR) is 99.4 cm³/mol. The number of rotatable bonds is 4.